The van der Waals surface area contributed by atoms with Gasteiger partial charge < -0.3 is 9.88 Å². The number of urea groups is 1. The van der Waals surface area contributed by atoms with Crippen LogP contribution in [0.1, 0.15) is 18.1 Å². The number of carbonyl (C=O) groups is 1. The van der Waals surface area contributed by atoms with E-state index in [0.29, 0.717) is 12.1 Å². The first-order chi connectivity index (χ1) is 11.0. The molecule has 0 aliphatic rings. The Morgan fingerprint density at radius 2 is 2.35 bits per heavy atom. The fraction of sp³-hybridized carbons (Fsp3) is 0.214. The van der Waals surface area contributed by atoms with Crippen molar-refractivity contribution in [2.75, 3.05) is 6.54 Å². The van der Waals surface area contributed by atoms with Crippen LogP contribution >= 0.6 is 11.3 Å². The first-order valence-corrected chi connectivity index (χ1v) is 7.51. The van der Waals surface area contributed by atoms with Crippen LogP contribution in [0.15, 0.2) is 35.5 Å². The average molecular weight is 331 g/mol. The van der Waals surface area contributed by atoms with E-state index in [4.69, 9.17) is 5.26 Å². The van der Waals surface area contributed by atoms with Gasteiger partial charge in [0.1, 0.15) is 0 Å². The van der Waals surface area contributed by atoms with Gasteiger partial charge in [-0.1, -0.05) is 12.1 Å². The van der Waals surface area contributed by atoms with E-state index in [0.717, 1.165) is 16.9 Å². The monoisotopic (exact) mass is 331 g/mol. The van der Waals surface area contributed by atoms with Crippen LogP contribution in [0.5, 0.6) is 0 Å². The van der Waals surface area contributed by atoms with Gasteiger partial charge in [-0.3, -0.25) is 10.1 Å². The molecule has 118 valence electrons. The van der Waals surface area contributed by atoms with Crippen molar-refractivity contribution in [3.05, 3.63) is 56.5 Å². The first-order valence-electron chi connectivity index (χ1n) is 6.69. The maximum absolute atomic E-state index is 11.6. The number of hydrogen-bond donors (Lipinski definition) is 1. The highest BCUT2D eigenvalue weighted by molar-refractivity contribution is 7.12. The van der Waals surface area contributed by atoms with Crippen molar-refractivity contribution in [2.24, 2.45) is 4.99 Å². The molecule has 8 nitrogen and oxygen atoms in total. The highest BCUT2D eigenvalue weighted by Gasteiger charge is 2.13. The fourth-order valence-electron chi connectivity index (χ4n) is 1.87. The second kappa shape index (κ2) is 7.33. The zero-order valence-corrected chi connectivity index (χ0v) is 13.0. The Morgan fingerprint density at radius 3 is 3.00 bits per heavy atom. The Bertz CT molecular complexity index is 847. The Hall–Kier alpha value is -2.99. The fourth-order valence-corrected chi connectivity index (χ4v) is 2.67. The molecule has 1 N–H and O–H groups in total. The number of nitrogens with zero attached hydrogens (tertiary/aromatic N) is 4. The number of rotatable bonds is 4. The molecule has 2 amide bonds. The molecule has 23 heavy (non-hydrogen) atoms. The van der Waals surface area contributed by atoms with Crippen molar-refractivity contribution in [3.63, 3.8) is 0 Å². The Kier molecular flexibility index (Phi) is 5.22. The normalized spacial score (nSPS) is 11.0. The van der Waals surface area contributed by atoms with Gasteiger partial charge in [-0.2, -0.15) is 10.3 Å². The van der Waals surface area contributed by atoms with Crippen LogP contribution in [0.25, 0.3) is 0 Å². The van der Waals surface area contributed by atoms with Crippen LogP contribution in [0.3, 0.4) is 0 Å². The summed E-state index contributed by atoms with van der Waals surface area (Å²) in [6.45, 7) is 2.45. The third kappa shape index (κ3) is 4.24. The van der Waals surface area contributed by atoms with Crippen molar-refractivity contribution >= 4 is 22.4 Å². The first kappa shape index (κ1) is 16.4. The van der Waals surface area contributed by atoms with Crippen LogP contribution < -0.4 is 10.1 Å². The van der Waals surface area contributed by atoms with Crippen molar-refractivity contribution in [3.8, 4) is 6.07 Å². The molecular weight excluding hydrogens is 318 g/mol. The zero-order valence-electron chi connectivity index (χ0n) is 12.2. The molecule has 0 radical (unpaired) electrons. The number of amides is 2. The predicted molar refractivity (Wildman–Crippen MR) is 83.9 cm³/mol. The van der Waals surface area contributed by atoms with E-state index in [1.54, 1.807) is 31.2 Å². The quantitative estimate of drug-likeness (QED) is 0.681. The van der Waals surface area contributed by atoms with E-state index >= 15 is 0 Å². The molecule has 1 aromatic heterocycles. The molecule has 0 bridgehead atoms. The van der Waals surface area contributed by atoms with Crippen molar-refractivity contribution < 1.29 is 9.72 Å². The van der Waals surface area contributed by atoms with Crippen LogP contribution in [-0.2, 0) is 6.54 Å². The average Bonchev–Trinajstić information content (AvgIpc) is 2.90. The standard InChI is InChI=1S/C14H13N5O3S/c1-2-16-13(20)17-14-18(9-12(23-14)19(21)22)8-11-5-3-4-10(6-11)7-15/h3-6,9H,2,8H2,1H3,(H,16,20). The number of hydrogen-bond acceptors (Lipinski definition) is 5. The lowest BCUT2D eigenvalue weighted by molar-refractivity contribution is -0.380. The minimum absolute atomic E-state index is 0.107. The molecule has 0 saturated carbocycles. The molecule has 0 saturated heterocycles. The molecule has 2 rings (SSSR count). The molecule has 1 aromatic carbocycles. The smallest absolute Gasteiger partial charge is 0.336 e. The zero-order chi connectivity index (χ0) is 16.8. The van der Waals surface area contributed by atoms with Crippen molar-refractivity contribution in [1.29, 1.82) is 5.26 Å². The van der Waals surface area contributed by atoms with Crippen LogP contribution in [-0.4, -0.2) is 22.1 Å². The molecule has 0 unspecified atom stereocenters. The number of nitriles is 1. The van der Waals surface area contributed by atoms with Gasteiger partial charge in [0.25, 0.3) is 0 Å². The predicted octanol–water partition coefficient (Wildman–Crippen LogP) is 2.01. The minimum Gasteiger partial charge on any atom is -0.336 e. The van der Waals surface area contributed by atoms with E-state index in [2.05, 4.69) is 10.3 Å². The molecule has 0 fully saturated rings. The summed E-state index contributed by atoms with van der Waals surface area (Å²) in [4.78, 5) is 26.1. The van der Waals surface area contributed by atoms with E-state index < -0.39 is 11.0 Å². The molecule has 0 spiro atoms. The van der Waals surface area contributed by atoms with Crippen molar-refractivity contribution in [1.82, 2.24) is 9.88 Å². The van der Waals surface area contributed by atoms with Gasteiger partial charge in [0, 0.05) is 6.54 Å². The Labute approximate surface area is 135 Å². The summed E-state index contributed by atoms with van der Waals surface area (Å²) in [5, 5.41) is 22.3. The van der Waals surface area contributed by atoms with Crippen LogP contribution in [0, 0.1) is 21.4 Å². The number of nitrogens with one attached hydrogen (secondary N) is 1. The van der Waals surface area contributed by atoms with E-state index in [1.165, 1.54) is 10.8 Å². The summed E-state index contributed by atoms with van der Waals surface area (Å²) in [5.74, 6) is 0. The van der Waals surface area contributed by atoms with E-state index in [9.17, 15) is 14.9 Å². The lowest BCUT2D eigenvalue weighted by Gasteiger charge is -2.03. The maximum Gasteiger partial charge on any atom is 0.343 e. The lowest BCUT2D eigenvalue weighted by Crippen LogP contribution is -2.24. The summed E-state index contributed by atoms with van der Waals surface area (Å²) in [6.07, 6.45) is 1.34. The van der Waals surface area contributed by atoms with Crippen LogP contribution in [0.2, 0.25) is 0 Å². The number of nitro groups is 1. The van der Waals surface area contributed by atoms with Crippen LogP contribution in [0.4, 0.5) is 9.80 Å². The van der Waals surface area contributed by atoms with Gasteiger partial charge in [0.05, 0.1) is 29.3 Å². The maximum atomic E-state index is 11.6. The van der Waals surface area contributed by atoms with Gasteiger partial charge in [-0.05, 0) is 36.0 Å². The lowest BCUT2D eigenvalue weighted by atomic mass is 10.1. The number of benzene rings is 1. The molecule has 0 aliphatic carbocycles. The van der Waals surface area contributed by atoms with Gasteiger partial charge >= 0.3 is 11.0 Å². The molecule has 1 heterocycles. The molecule has 0 atom stereocenters. The van der Waals surface area contributed by atoms with Crippen molar-refractivity contribution in [2.45, 2.75) is 13.5 Å². The summed E-state index contributed by atoms with van der Waals surface area (Å²) >= 11 is 0.822. The van der Waals surface area contributed by atoms with E-state index in [1.807, 2.05) is 6.07 Å². The topological polar surface area (TPSA) is 113 Å². The Morgan fingerprint density at radius 1 is 1.57 bits per heavy atom. The van der Waals surface area contributed by atoms with Gasteiger partial charge in [0.2, 0.25) is 4.80 Å². The number of thiazole rings is 1. The highest BCUT2D eigenvalue weighted by Crippen LogP contribution is 2.15. The second-order valence-corrected chi connectivity index (χ2v) is 5.48. The summed E-state index contributed by atoms with van der Waals surface area (Å²) < 4.78 is 1.52. The molecule has 0 aliphatic heterocycles. The molecular formula is C14H13N5O3S. The highest BCUT2D eigenvalue weighted by atomic mass is 32.1. The third-order valence-electron chi connectivity index (χ3n) is 2.82. The third-order valence-corrected chi connectivity index (χ3v) is 3.79. The molecule has 9 heteroatoms. The summed E-state index contributed by atoms with van der Waals surface area (Å²) in [5.41, 5.74) is 1.28. The van der Waals surface area contributed by atoms with E-state index in [-0.39, 0.29) is 16.3 Å². The summed E-state index contributed by atoms with van der Waals surface area (Å²) in [6, 6.07) is 8.37. The minimum atomic E-state index is -0.552. The second-order valence-electron chi connectivity index (χ2n) is 4.50. The van der Waals surface area contributed by atoms with Gasteiger partial charge in [-0.15, -0.1) is 0 Å². The number of aromatic nitrogens is 1. The molecule has 2 aromatic rings. The number of carbonyl (C=O) groups excluding carboxylic acids is 1. The Balaban J connectivity index is 2.42. The largest absolute Gasteiger partial charge is 0.343 e. The van der Waals surface area contributed by atoms with Gasteiger partial charge in [-0.25, -0.2) is 4.79 Å². The summed E-state index contributed by atoms with van der Waals surface area (Å²) in [7, 11) is 0. The van der Waals surface area contributed by atoms with Gasteiger partial charge in [0.15, 0.2) is 0 Å². The SMILES string of the molecule is CCNC(=O)N=c1sc([N+](=O)[O-])cn1Cc1cccc(C#N)c1.